The molecule has 1 N–H and O–H groups in total. The first-order chi connectivity index (χ1) is 5.25. The van der Waals surface area contributed by atoms with Gasteiger partial charge >= 0.3 is 0 Å². The van der Waals surface area contributed by atoms with Crippen molar-refractivity contribution in [3.8, 4) is 0 Å². The average molecular weight is 156 g/mol. The molecule has 66 valence electrons. The van der Waals surface area contributed by atoms with Crippen molar-refractivity contribution >= 4 is 0 Å². The summed E-state index contributed by atoms with van der Waals surface area (Å²) in [4.78, 5) is 0. The number of aliphatic hydroxyl groups is 1. The molecule has 1 aliphatic carbocycles. The van der Waals surface area contributed by atoms with E-state index in [0.717, 1.165) is 6.42 Å². The van der Waals surface area contributed by atoms with Crippen LogP contribution in [-0.2, 0) is 0 Å². The van der Waals surface area contributed by atoms with E-state index in [0.29, 0.717) is 11.8 Å². The van der Waals surface area contributed by atoms with Gasteiger partial charge in [0.15, 0.2) is 0 Å². The van der Waals surface area contributed by atoms with E-state index in [1.165, 1.54) is 25.7 Å². The predicted molar refractivity (Wildman–Crippen MR) is 47.4 cm³/mol. The largest absolute Gasteiger partial charge is 0.393 e. The van der Waals surface area contributed by atoms with Crippen molar-refractivity contribution < 1.29 is 5.11 Å². The molecular weight excluding hydrogens is 136 g/mol. The third-order valence-electron chi connectivity index (χ3n) is 3.16. The van der Waals surface area contributed by atoms with Gasteiger partial charge < -0.3 is 5.11 Å². The zero-order valence-electron chi connectivity index (χ0n) is 7.71. The lowest BCUT2D eigenvalue weighted by atomic mass is 9.78. The third-order valence-corrected chi connectivity index (χ3v) is 3.16. The van der Waals surface area contributed by atoms with Crippen LogP contribution >= 0.6 is 0 Å². The van der Waals surface area contributed by atoms with Gasteiger partial charge in [-0.2, -0.15) is 0 Å². The Labute approximate surface area is 69.8 Å². The number of hydrogen-bond donors (Lipinski definition) is 1. The molecule has 1 heteroatoms. The van der Waals surface area contributed by atoms with Crippen LogP contribution in [0, 0.1) is 11.8 Å². The molecule has 1 aliphatic rings. The molecule has 1 saturated carbocycles. The standard InChI is InChI=1S/C10H20O/c1-3-8(2)9-6-4-5-7-10(9)11/h8-11H,3-7H2,1-2H3/t8?,9-,10-/m0/s1. The van der Waals surface area contributed by atoms with Gasteiger partial charge in [0.05, 0.1) is 6.10 Å². The Morgan fingerprint density at radius 1 is 1.36 bits per heavy atom. The lowest BCUT2D eigenvalue weighted by molar-refractivity contribution is 0.0402. The van der Waals surface area contributed by atoms with E-state index in [1.807, 2.05) is 0 Å². The molecule has 0 aromatic heterocycles. The molecule has 1 fully saturated rings. The van der Waals surface area contributed by atoms with E-state index in [-0.39, 0.29) is 6.10 Å². The molecule has 0 aromatic carbocycles. The first-order valence-electron chi connectivity index (χ1n) is 4.93. The molecule has 1 rings (SSSR count). The van der Waals surface area contributed by atoms with Crippen LogP contribution in [0.25, 0.3) is 0 Å². The lowest BCUT2D eigenvalue weighted by Crippen LogP contribution is -2.29. The quantitative estimate of drug-likeness (QED) is 0.651. The van der Waals surface area contributed by atoms with Crippen LogP contribution in [-0.4, -0.2) is 11.2 Å². The highest BCUT2D eigenvalue weighted by Gasteiger charge is 2.26. The maximum absolute atomic E-state index is 9.67. The Hall–Kier alpha value is -0.0400. The molecule has 0 saturated heterocycles. The van der Waals surface area contributed by atoms with Crippen molar-refractivity contribution in [3.05, 3.63) is 0 Å². The minimum atomic E-state index is -0.00120. The molecule has 1 unspecified atom stereocenters. The van der Waals surface area contributed by atoms with Crippen LogP contribution in [0.3, 0.4) is 0 Å². The summed E-state index contributed by atoms with van der Waals surface area (Å²) in [5.74, 6) is 1.30. The smallest absolute Gasteiger partial charge is 0.0570 e. The summed E-state index contributed by atoms with van der Waals surface area (Å²) in [6.07, 6.45) is 6.05. The summed E-state index contributed by atoms with van der Waals surface area (Å²) in [6.45, 7) is 4.48. The molecule has 3 atom stereocenters. The fourth-order valence-electron chi connectivity index (χ4n) is 2.11. The van der Waals surface area contributed by atoms with Crippen molar-refractivity contribution in [2.45, 2.75) is 52.1 Å². The first-order valence-corrected chi connectivity index (χ1v) is 4.93. The number of aliphatic hydroxyl groups excluding tert-OH is 1. The van der Waals surface area contributed by atoms with Crippen LogP contribution in [0.4, 0.5) is 0 Å². The molecule has 0 radical (unpaired) electrons. The monoisotopic (exact) mass is 156 g/mol. The molecule has 0 aliphatic heterocycles. The van der Waals surface area contributed by atoms with E-state index in [2.05, 4.69) is 13.8 Å². The van der Waals surface area contributed by atoms with E-state index in [1.54, 1.807) is 0 Å². The summed E-state index contributed by atoms with van der Waals surface area (Å²) >= 11 is 0. The fourth-order valence-corrected chi connectivity index (χ4v) is 2.11. The van der Waals surface area contributed by atoms with Gasteiger partial charge in [0.25, 0.3) is 0 Å². The molecular formula is C10H20O. The molecule has 0 bridgehead atoms. The molecule has 0 heterocycles. The molecule has 0 amide bonds. The molecule has 0 aromatic rings. The molecule has 11 heavy (non-hydrogen) atoms. The Morgan fingerprint density at radius 2 is 2.00 bits per heavy atom. The van der Waals surface area contributed by atoms with E-state index in [9.17, 15) is 5.11 Å². The zero-order valence-corrected chi connectivity index (χ0v) is 7.71. The van der Waals surface area contributed by atoms with Gasteiger partial charge in [-0.25, -0.2) is 0 Å². The van der Waals surface area contributed by atoms with E-state index in [4.69, 9.17) is 0 Å². The van der Waals surface area contributed by atoms with E-state index < -0.39 is 0 Å². The van der Waals surface area contributed by atoms with Crippen LogP contribution in [0.5, 0.6) is 0 Å². The third kappa shape index (κ3) is 2.19. The van der Waals surface area contributed by atoms with Crippen molar-refractivity contribution in [3.63, 3.8) is 0 Å². The van der Waals surface area contributed by atoms with Gasteiger partial charge in [0.2, 0.25) is 0 Å². The summed E-state index contributed by atoms with van der Waals surface area (Å²) in [7, 11) is 0. The van der Waals surface area contributed by atoms with Crippen molar-refractivity contribution in [1.82, 2.24) is 0 Å². The highest BCUT2D eigenvalue weighted by atomic mass is 16.3. The van der Waals surface area contributed by atoms with Gasteiger partial charge in [0, 0.05) is 0 Å². The van der Waals surface area contributed by atoms with Crippen LogP contribution < -0.4 is 0 Å². The van der Waals surface area contributed by atoms with Crippen molar-refractivity contribution in [2.75, 3.05) is 0 Å². The minimum Gasteiger partial charge on any atom is -0.393 e. The lowest BCUT2D eigenvalue weighted by Gasteiger charge is -2.31. The average Bonchev–Trinajstić information content (AvgIpc) is 2.04. The first kappa shape index (κ1) is 9.05. The Kier molecular flexibility index (Phi) is 3.38. The normalized spacial score (nSPS) is 35.2. The van der Waals surface area contributed by atoms with Crippen LogP contribution in [0.2, 0.25) is 0 Å². The Morgan fingerprint density at radius 3 is 2.55 bits per heavy atom. The highest BCUT2D eigenvalue weighted by molar-refractivity contribution is 4.77. The summed E-state index contributed by atoms with van der Waals surface area (Å²) in [5.41, 5.74) is 0. The fraction of sp³-hybridized carbons (Fsp3) is 1.00. The second-order valence-electron chi connectivity index (χ2n) is 3.90. The maximum atomic E-state index is 9.67. The summed E-state index contributed by atoms with van der Waals surface area (Å²) < 4.78 is 0. The zero-order chi connectivity index (χ0) is 8.27. The van der Waals surface area contributed by atoms with Gasteiger partial charge in [-0.05, 0) is 24.7 Å². The van der Waals surface area contributed by atoms with E-state index >= 15 is 0 Å². The molecule has 0 spiro atoms. The Bertz CT molecular complexity index is 107. The van der Waals surface area contributed by atoms with Crippen LogP contribution in [0.1, 0.15) is 46.0 Å². The van der Waals surface area contributed by atoms with Crippen molar-refractivity contribution in [2.24, 2.45) is 11.8 Å². The Balaban J connectivity index is 2.40. The summed E-state index contributed by atoms with van der Waals surface area (Å²) in [6, 6.07) is 0. The van der Waals surface area contributed by atoms with Gasteiger partial charge in [-0.3, -0.25) is 0 Å². The second-order valence-corrected chi connectivity index (χ2v) is 3.90. The van der Waals surface area contributed by atoms with Gasteiger partial charge in [0.1, 0.15) is 0 Å². The molecule has 1 nitrogen and oxygen atoms in total. The maximum Gasteiger partial charge on any atom is 0.0570 e. The van der Waals surface area contributed by atoms with Crippen LogP contribution in [0.15, 0.2) is 0 Å². The summed E-state index contributed by atoms with van der Waals surface area (Å²) in [5, 5.41) is 9.67. The topological polar surface area (TPSA) is 20.2 Å². The van der Waals surface area contributed by atoms with Gasteiger partial charge in [-0.15, -0.1) is 0 Å². The van der Waals surface area contributed by atoms with Crippen molar-refractivity contribution in [1.29, 1.82) is 0 Å². The second kappa shape index (κ2) is 4.10. The highest BCUT2D eigenvalue weighted by Crippen LogP contribution is 2.31. The van der Waals surface area contributed by atoms with Gasteiger partial charge in [-0.1, -0.05) is 33.1 Å². The number of rotatable bonds is 2. The number of hydrogen-bond acceptors (Lipinski definition) is 1. The minimum absolute atomic E-state index is 0.00120. The predicted octanol–water partition coefficient (Wildman–Crippen LogP) is 2.58. The SMILES string of the molecule is CCC(C)[C@@H]1CCCC[C@@H]1O.